The molecule has 3 atom stereocenters. The molecule has 3 aliphatic heterocycles. The number of hydrogen-bond donors (Lipinski definition) is 1. The average molecular weight is 468 g/mol. The second-order valence-electron chi connectivity index (χ2n) is 9.57. The van der Waals surface area contributed by atoms with E-state index in [4.69, 9.17) is 9.26 Å². The molecule has 176 valence electrons. The van der Waals surface area contributed by atoms with Gasteiger partial charge in [-0.25, -0.2) is 4.79 Å². The quantitative estimate of drug-likeness (QED) is 0.458. The van der Waals surface area contributed by atoms with E-state index in [1.54, 1.807) is 0 Å². The van der Waals surface area contributed by atoms with Crippen LogP contribution in [0.4, 0.5) is 11.4 Å². The van der Waals surface area contributed by atoms with E-state index in [2.05, 4.69) is 55.3 Å². The van der Waals surface area contributed by atoms with E-state index in [9.17, 15) is 4.79 Å². The second kappa shape index (κ2) is 8.09. The van der Waals surface area contributed by atoms with Crippen molar-refractivity contribution in [2.24, 2.45) is 0 Å². The molecule has 0 amide bonds. The number of aromatic nitrogens is 3. The van der Waals surface area contributed by atoms with E-state index < -0.39 is 5.76 Å². The van der Waals surface area contributed by atoms with Gasteiger partial charge in [0.15, 0.2) is 17.3 Å². The van der Waals surface area contributed by atoms with Crippen LogP contribution < -0.4 is 15.4 Å². The number of nitrogens with zero attached hydrogens (tertiary/aromatic N) is 4. The minimum atomic E-state index is -0.571. The summed E-state index contributed by atoms with van der Waals surface area (Å²) in [6, 6.07) is 21.8. The number of H-pyrrole nitrogens is 1. The lowest BCUT2D eigenvalue weighted by Crippen LogP contribution is -2.49. The van der Waals surface area contributed by atoms with Gasteiger partial charge in [-0.2, -0.15) is 0 Å². The summed E-state index contributed by atoms with van der Waals surface area (Å²) in [6.45, 7) is 0.915. The zero-order chi connectivity index (χ0) is 23.4. The Balaban J connectivity index is 1.22. The summed E-state index contributed by atoms with van der Waals surface area (Å²) in [4.78, 5) is 23.8. The molecule has 0 saturated carbocycles. The van der Waals surface area contributed by atoms with Crippen LogP contribution in [-0.2, 0) is 6.54 Å². The van der Waals surface area contributed by atoms with E-state index in [0.717, 1.165) is 53.5 Å². The van der Waals surface area contributed by atoms with Crippen LogP contribution >= 0.6 is 0 Å². The number of benzene rings is 2. The summed E-state index contributed by atoms with van der Waals surface area (Å²) in [5.74, 6) is 1.42. The number of hydrogen-bond acceptors (Lipinski definition) is 7. The molecule has 4 aromatic rings. The summed E-state index contributed by atoms with van der Waals surface area (Å²) in [7, 11) is 0. The monoisotopic (exact) mass is 467 g/mol. The lowest BCUT2D eigenvalue weighted by Gasteiger charge is -2.45. The van der Waals surface area contributed by atoms with Crippen LogP contribution in [0.2, 0.25) is 0 Å². The highest BCUT2D eigenvalue weighted by Crippen LogP contribution is 2.51. The number of aromatic amines is 1. The van der Waals surface area contributed by atoms with Gasteiger partial charge >= 0.3 is 5.76 Å². The van der Waals surface area contributed by atoms with Crippen molar-refractivity contribution in [1.82, 2.24) is 20.0 Å². The summed E-state index contributed by atoms with van der Waals surface area (Å²) in [5.41, 5.74) is 4.04. The number of anilines is 2. The van der Waals surface area contributed by atoms with E-state index in [1.165, 1.54) is 12.8 Å². The molecule has 7 rings (SSSR count). The second-order valence-corrected chi connectivity index (χ2v) is 9.57. The third kappa shape index (κ3) is 3.52. The van der Waals surface area contributed by atoms with Crippen molar-refractivity contribution in [3.63, 3.8) is 0 Å². The van der Waals surface area contributed by atoms with E-state index in [-0.39, 0.29) is 0 Å². The van der Waals surface area contributed by atoms with Gasteiger partial charge in [0, 0.05) is 36.4 Å². The van der Waals surface area contributed by atoms with Gasteiger partial charge in [0.25, 0.3) is 0 Å². The molecule has 2 aromatic heterocycles. The Morgan fingerprint density at radius 1 is 0.914 bits per heavy atom. The number of nitrogens with one attached hydrogen (secondary N) is 1. The summed E-state index contributed by atoms with van der Waals surface area (Å²) < 4.78 is 11.0. The standard InChI is InChI=1S/C27H25N5O3/c33-27-29-26(30-35-27)17-8-11-23-25(13-17)34-24-7-2-1-6-22(24)32(23)21-14-19-9-10-20(15-21)31(19)16-18-5-3-4-12-28-18/h1-8,11-13,19-21H,9-10,14-16H2,(H,29,30,33)/t19-,20+,21+. The van der Waals surface area contributed by atoms with Crippen molar-refractivity contribution in [2.45, 2.75) is 50.4 Å². The van der Waals surface area contributed by atoms with E-state index in [1.807, 2.05) is 36.5 Å². The highest BCUT2D eigenvalue weighted by atomic mass is 16.5. The Bertz CT molecular complexity index is 1420. The first-order chi connectivity index (χ1) is 17.2. The molecule has 2 aromatic carbocycles. The number of rotatable bonds is 4. The van der Waals surface area contributed by atoms with Crippen LogP contribution in [0.3, 0.4) is 0 Å². The topological polar surface area (TPSA) is 87.5 Å². The maximum absolute atomic E-state index is 11.5. The van der Waals surface area contributed by atoms with Gasteiger partial charge in [0.05, 0.1) is 17.1 Å². The van der Waals surface area contributed by atoms with Crippen molar-refractivity contribution < 1.29 is 9.26 Å². The van der Waals surface area contributed by atoms with Crippen molar-refractivity contribution in [1.29, 1.82) is 0 Å². The zero-order valence-electron chi connectivity index (χ0n) is 19.1. The number of fused-ring (bicyclic) bond motifs is 4. The van der Waals surface area contributed by atoms with Crippen LogP contribution in [0.5, 0.6) is 11.5 Å². The van der Waals surface area contributed by atoms with Gasteiger partial charge in [0.1, 0.15) is 0 Å². The predicted octanol–water partition coefficient (Wildman–Crippen LogP) is 4.86. The molecule has 5 heterocycles. The van der Waals surface area contributed by atoms with Gasteiger partial charge < -0.3 is 9.64 Å². The summed E-state index contributed by atoms with van der Waals surface area (Å²) >= 11 is 0. The fourth-order valence-electron chi connectivity index (χ4n) is 6.07. The fourth-order valence-corrected chi connectivity index (χ4v) is 6.07. The van der Waals surface area contributed by atoms with E-state index >= 15 is 0 Å². The highest BCUT2D eigenvalue weighted by Gasteiger charge is 2.44. The van der Waals surface area contributed by atoms with Crippen LogP contribution in [-0.4, -0.2) is 38.2 Å². The van der Waals surface area contributed by atoms with Gasteiger partial charge in [-0.05, 0) is 68.1 Å². The van der Waals surface area contributed by atoms with Gasteiger partial charge in [0.2, 0.25) is 0 Å². The van der Waals surface area contributed by atoms with Crippen LogP contribution in [0.1, 0.15) is 31.4 Å². The van der Waals surface area contributed by atoms with Crippen LogP contribution in [0.25, 0.3) is 11.4 Å². The summed E-state index contributed by atoms with van der Waals surface area (Å²) in [6.07, 6.45) is 6.52. The molecule has 0 spiro atoms. The lowest BCUT2D eigenvalue weighted by molar-refractivity contribution is 0.118. The molecular formula is C27H25N5O3. The number of piperidine rings is 1. The third-order valence-electron chi connectivity index (χ3n) is 7.57. The SMILES string of the molecule is O=c1[nH]c(-c2ccc3c(c2)Oc2ccccc2N3[C@H]2C[C@H]3CC[C@@H](C2)N3Cc2ccccn2)no1. The first-order valence-electron chi connectivity index (χ1n) is 12.1. The maximum Gasteiger partial charge on any atom is 0.439 e. The molecule has 3 aliphatic rings. The van der Waals surface area contributed by atoms with Crippen LogP contribution in [0.15, 0.2) is 76.2 Å². The minimum Gasteiger partial charge on any atom is -0.453 e. The maximum atomic E-state index is 11.5. The number of pyridine rings is 1. The Kier molecular flexibility index (Phi) is 4.73. The molecule has 0 aliphatic carbocycles. The molecule has 0 unspecified atom stereocenters. The molecular weight excluding hydrogens is 442 g/mol. The molecule has 1 N–H and O–H groups in total. The first kappa shape index (κ1) is 20.5. The largest absolute Gasteiger partial charge is 0.453 e. The third-order valence-corrected chi connectivity index (χ3v) is 7.57. The normalized spacial score (nSPS) is 23.0. The van der Waals surface area contributed by atoms with Gasteiger partial charge in [-0.3, -0.25) is 19.4 Å². The number of para-hydroxylation sites is 2. The Morgan fingerprint density at radius 3 is 2.49 bits per heavy atom. The smallest absolute Gasteiger partial charge is 0.439 e. The predicted molar refractivity (Wildman–Crippen MR) is 131 cm³/mol. The van der Waals surface area contributed by atoms with Crippen molar-refractivity contribution >= 4 is 11.4 Å². The zero-order valence-corrected chi connectivity index (χ0v) is 19.1. The lowest BCUT2D eigenvalue weighted by atomic mass is 9.93. The van der Waals surface area contributed by atoms with Gasteiger partial charge in [-0.15, -0.1) is 0 Å². The number of ether oxygens (including phenoxy) is 1. The highest BCUT2D eigenvalue weighted by molar-refractivity contribution is 5.80. The molecule has 8 heteroatoms. The summed E-state index contributed by atoms with van der Waals surface area (Å²) in [5, 5.41) is 3.84. The van der Waals surface area contributed by atoms with Gasteiger partial charge in [-0.1, -0.05) is 23.4 Å². The van der Waals surface area contributed by atoms with E-state index in [0.29, 0.717) is 23.9 Å². The van der Waals surface area contributed by atoms with Crippen molar-refractivity contribution in [3.05, 3.63) is 83.1 Å². The molecule has 35 heavy (non-hydrogen) atoms. The molecule has 2 fully saturated rings. The Labute approximate surface area is 202 Å². The Hall–Kier alpha value is -3.91. The van der Waals surface area contributed by atoms with Crippen molar-refractivity contribution in [2.75, 3.05) is 4.90 Å². The fraction of sp³-hybridized carbons (Fsp3) is 0.296. The molecule has 8 nitrogen and oxygen atoms in total. The molecule has 0 radical (unpaired) electrons. The van der Waals surface area contributed by atoms with Crippen molar-refractivity contribution in [3.8, 4) is 22.9 Å². The molecule has 2 saturated heterocycles. The minimum absolute atomic E-state index is 0.369. The average Bonchev–Trinajstić information content (AvgIpc) is 3.41. The molecule has 2 bridgehead atoms. The van der Waals surface area contributed by atoms with Crippen LogP contribution in [0, 0.1) is 0 Å². The Morgan fingerprint density at radius 2 is 1.71 bits per heavy atom. The first-order valence-corrected chi connectivity index (χ1v) is 12.1.